The van der Waals surface area contributed by atoms with E-state index in [1.54, 1.807) is 30.0 Å². The molecule has 136 valence electrons. The van der Waals surface area contributed by atoms with Crippen LogP contribution in [0.1, 0.15) is 39.6 Å². The van der Waals surface area contributed by atoms with Gasteiger partial charge < -0.3 is 14.7 Å². The molecule has 2 aromatic carbocycles. The van der Waals surface area contributed by atoms with Gasteiger partial charge in [-0.15, -0.1) is 0 Å². The molecule has 1 aliphatic rings. The lowest BCUT2D eigenvalue weighted by Gasteiger charge is -2.17. The molecular weight excluding hydrogens is 330 g/mol. The van der Waals surface area contributed by atoms with Crippen LogP contribution in [-0.2, 0) is 4.74 Å². The van der Waals surface area contributed by atoms with Crippen molar-refractivity contribution >= 4 is 11.9 Å². The first kappa shape index (κ1) is 18.1. The molecule has 0 aliphatic carbocycles. The molecule has 3 rings (SSSR count). The molecule has 1 fully saturated rings. The lowest BCUT2D eigenvalue weighted by molar-refractivity contribution is 0.0526. The van der Waals surface area contributed by atoms with Crippen LogP contribution in [0.15, 0.2) is 42.5 Å². The second kappa shape index (κ2) is 7.70. The van der Waals surface area contributed by atoms with Crippen LogP contribution >= 0.6 is 0 Å². The van der Waals surface area contributed by atoms with Crippen molar-refractivity contribution in [2.45, 2.75) is 26.4 Å². The number of β-amino-alcohol motifs (C(OH)–C–C–N with tert-alkyl or cyclic N) is 1. The molecule has 1 aliphatic heterocycles. The second-order valence-electron chi connectivity index (χ2n) is 6.58. The summed E-state index contributed by atoms with van der Waals surface area (Å²) in [7, 11) is 0. The monoisotopic (exact) mass is 353 g/mol. The van der Waals surface area contributed by atoms with Crippen molar-refractivity contribution in [1.29, 1.82) is 0 Å². The van der Waals surface area contributed by atoms with Gasteiger partial charge >= 0.3 is 5.97 Å². The molecule has 0 aromatic heterocycles. The van der Waals surface area contributed by atoms with E-state index in [2.05, 4.69) is 0 Å². The standard InChI is InChI=1S/C21H23NO4/c1-3-26-21(25)18-11-16(15-6-4-14(2)5-7-15)10-17(12-18)20(24)22-9-8-19(23)13-22/h4-7,10-12,19,23H,3,8-9,13H2,1-2H3/t19-/m1/s1. The zero-order valence-corrected chi connectivity index (χ0v) is 15.1. The van der Waals surface area contributed by atoms with Crippen LogP contribution in [-0.4, -0.2) is 47.7 Å². The van der Waals surface area contributed by atoms with E-state index < -0.39 is 12.1 Å². The van der Waals surface area contributed by atoms with Gasteiger partial charge in [-0.05, 0) is 49.6 Å². The fourth-order valence-corrected chi connectivity index (χ4v) is 3.10. The van der Waals surface area contributed by atoms with E-state index in [1.165, 1.54) is 0 Å². The van der Waals surface area contributed by atoms with Crippen molar-refractivity contribution in [3.8, 4) is 11.1 Å². The molecule has 0 unspecified atom stereocenters. The minimum absolute atomic E-state index is 0.180. The Bertz CT molecular complexity index is 813. The number of likely N-dealkylation sites (tertiary alicyclic amines) is 1. The molecule has 5 nitrogen and oxygen atoms in total. The van der Waals surface area contributed by atoms with Crippen LogP contribution < -0.4 is 0 Å². The number of ether oxygens (including phenoxy) is 1. The van der Waals surface area contributed by atoms with Crippen molar-refractivity contribution in [3.05, 3.63) is 59.2 Å². The molecule has 1 N–H and O–H groups in total. The van der Waals surface area contributed by atoms with Gasteiger partial charge in [-0.3, -0.25) is 4.79 Å². The van der Waals surface area contributed by atoms with Crippen LogP contribution in [0.2, 0.25) is 0 Å². The van der Waals surface area contributed by atoms with E-state index in [0.29, 0.717) is 30.6 Å². The summed E-state index contributed by atoms with van der Waals surface area (Å²) in [5, 5.41) is 9.70. The van der Waals surface area contributed by atoms with Gasteiger partial charge in [0.2, 0.25) is 0 Å². The topological polar surface area (TPSA) is 66.8 Å². The number of rotatable bonds is 4. The Morgan fingerprint density at radius 1 is 1.12 bits per heavy atom. The average Bonchev–Trinajstić information content (AvgIpc) is 3.08. The predicted molar refractivity (Wildman–Crippen MR) is 99.1 cm³/mol. The number of hydrogen-bond donors (Lipinski definition) is 1. The van der Waals surface area contributed by atoms with Crippen LogP contribution in [0.25, 0.3) is 11.1 Å². The van der Waals surface area contributed by atoms with E-state index in [4.69, 9.17) is 4.74 Å². The molecule has 0 saturated carbocycles. The lowest BCUT2D eigenvalue weighted by Crippen LogP contribution is -2.29. The van der Waals surface area contributed by atoms with Gasteiger partial charge in [0.1, 0.15) is 0 Å². The Morgan fingerprint density at radius 3 is 2.42 bits per heavy atom. The van der Waals surface area contributed by atoms with Crippen LogP contribution in [0.3, 0.4) is 0 Å². The fourth-order valence-electron chi connectivity index (χ4n) is 3.10. The van der Waals surface area contributed by atoms with Crippen LogP contribution in [0, 0.1) is 6.92 Å². The number of aliphatic hydroxyl groups excluding tert-OH is 1. The SMILES string of the molecule is CCOC(=O)c1cc(C(=O)N2CC[C@@H](O)C2)cc(-c2ccc(C)cc2)c1. The number of aliphatic hydroxyl groups is 1. The number of benzene rings is 2. The minimum Gasteiger partial charge on any atom is -0.462 e. The van der Waals surface area contributed by atoms with Crippen molar-refractivity contribution in [1.82, 2.24) is 4.90 Å². The largest absolute Gasteiger partial charge is 0.462 e. The molecule has 1 amide bonds. The third kappa shape index (κ3) is 3.94. The Kier molecular flexibility index (Phi) is 5.38. The van der Waals surface area contributed by atoms with E-state index in [9.17, 15) is 14.7 Å². The normalized spacial score (nSPS) is 16.6. The maximum absolute atomic E-state index is 12.8. The van der Waals surface area contributed by atoms with Gasteiger partial charge in [-0.1, -0.05) is 29.8 Å². The molecule has 0 radical (unpaired) electrons. The summed E-state index contributed by atoms with van der Waals surface area (Å²) >= 11 is 0. The average molecular weight is 353 g/mol. The summed E-state index contributed by atoms with van der Waals surface area (Å²) < 4.78 is 5.11. The van der Waals surface area contributed by atoms with E-state index in [0.717, 1.165) is 16.7 Å². The molecule has 1 atom stereocenters. The summed E-state index contributed by atoms with van der Waals surface area (Å²) in [4.78, 5) is 26.7. The molecular formula is C21H23NO4. The summed E-state index contributed by atoms with van der Waals surface area (Å²) in [5.74, 6) is -0.627. The van der Waals surface area contributed by atoms with Crippen molar-refractivity contribution in [3.63, 3.8) is 0 Å². The first-order valence-corrected chi connectivity index (χ1v) is 8.84. The van der Waals surface area contributed by atoms with Gasteiger partial charge in [0.25, 0.3) is 5.91 Å². The van der Waals surface area contributed by atoms with Crippen molar-refractivity contribution in [2.75, 3.05) is 19.7 Å². The lowest BCUT2D eigenvalue weighted by atomic mass is 9.98. The molecule has 5 heteroatoms. The van der Waals surface area contributed by atoms with Gasteiger partial charge in [0.05, 0.1) is 18.3 Å². The van der Waals surface area contributed by atoms with Gasteiger partial charge in [-0.2, -0.15) is 0 Å². The summed E-state index contributed by atoms with van der Waals surface area (Å²) in [5.41, 5.74) is 3.64. The first-order chi connectivity index (χ1) is 12.5. The number of carbonyl (C=O) groups excluding carboxylic acids is 2. The van der Waals surface area contributed by atoms with E-state index in [1.807, 2.05) is 31.2 Å². The number of amides is 1. The Labute approximate surface area is 153 Å². The van der Waals surface area contributed by atoms with E-state index >= 15 is 0 Å². The zero-order valence-electron chi connectivity index (χ0n) is 15.1. The molecule has 0 bridgehead atoms. The molecule has 2 aromatic rings. The maximum Gasteiger partial charge on any atom is 0.338 e. The molecule has 1 saturated heterocycles. The minimum atomic E-state index is -0.483. The summed E-state index contributed by atoms with van der Waals surface area (Å²) in [6.07, 6.45) is 0.0949. The van der Waals surface area contributed by atoms with Crippen molar-refractivity contribution < 1.29 is 19.4 Å². The van der Waals surface area contributed by atoms with Crippen molar-refractivity contribution in [2.24, 2.45) is 0 Å². The Balaban J connectivity index is 2.01. The highest BCUT2D eigenvalue weighted by atomic mass is 16.5. The van der Waals surface area contributed by atoms with Crippen LogP contribution in [0.5, 0.6) is 0 Å². The zero-order chi connectivity index (χ0) is 18.7. The third-order valence-electron chi connectivity index (χ3n) is 4.53. The van der Waals surface area contributed by atoms with Crippen LogP contribution in [0.4, 0.5) is 0 Å². The number of esters is 1. The second-order valence-corrected chi connectivity index (χ2v) is 6.58. The highest BCUT2D eigenvalue weighted by Gasteiger charge is 2.26. The third-order valence-corrected chi connectivity index (χ3v) is 4.53. The smallest absolute Gasteiger partial charge is 0.338 e. The molecule has 0 spiro atoms. The summed E-state index contributed by atoms with van der Waals surface area (Å²) in [6, 6.07) is 13.0. The number of hydrogen-bond acceptors (Lipinski definition) is 4. The highest BCUT2D eigenvalue weighted by Crippen LogP contribution is 2.25. The predicted octanol–water partition coefficient (Wildman–Crippen LogP) is 3.05. The maximum atomic E-state index is 12.8. The van der Waals surface area contributed by atoms with Gasteiger partial charge in [0, 0.05) is 18.7 Å². The Morgan fingerprint density at radius 2 is 1.81 bits per heavy atom. The fraction of sp³-hybridized carbons (Fsp3) is 0.333. The van der Waals surface area contributed by atoms with E-state index in [-0.39, 0.29) is 12.5 Å². The van der Waals surface area contributed by atoms with Gasteiger partial charge in [0.15, 0.2) is 0 Å². The molecule has 26 heavy (non-hydrogen) atoms. The highest BCUT2D eigenvalue weighted by molar-refractivity contribution is 6.00. The quantitative estimate of drug-likeness (QED) is 0.858. The van der Waals surface area contributed by atoms with Gasteiger partial charge in [-0.25, -0.2) is 4.79 Å². The number of aryl methyl sites for hydroxylation is 1. The number of carbonyl (C=O) groups is 2. The molecule has 1 heterocycles. The summed E-state index contributed by atoms with van der Waals surface area (Å²) in [6.45, 7) is 4.87. The first-order valence-electron chi connectivity index (χ1n) is 8.84. The number of nitrogens with zero attached hydrogens (tertiary/aromatic N) is 1. The Hall–Kier alpha value is -2.66.